The first kappa shape index (κ1) is 34.1. The highest BCUT2D eigenvalue weighted by atomic mass is 16.3. The molecule has 1 aliphatic carbocycles. The predicted octanol–water partition coefficient (Wildman–Crippen LogP) is 16.0. The zero-order valence-corrected chi connectivity index (χ0v) is 33.7. The first-order chi connectivity index (χ1) is 30.0. The normalized spacial score (nSPS) is 13.2. The van der Waals surface area contributed by atoms with Crippen molar-refractivity contribution in [3.05, 3.63) is 205 Å². The first-order valence-electron chi connectivity index (χ1n) is 21.0. The van der Waals surface area contributed by atoms with Gasteiger partial charge in [-0.1, -0.05) is 123 Å². The second kappa shape index (κ2) is 12.6. The number of nitrogens with zero attached hydrogens (tertiary/aromatic N) is 2. The Labute approximate surface area is 352 Å². The minimum Gasteiger partial charge on any atom is -0.456 e. The summed E-state index contributed by atoms with van der Waals surface area (Å²) in [6, 6.07) is 69.9. The monoisotopic (exact) mass is 782 g/mol. The number of fused-ring (bicyclic) bond motifs is 12. The Hall–Kier alpha value is -7.82. The van der Waals surface area contributed by atoms with Gasteiger partial charge in [-0.25, -0.2) is 0 Å². The molecule has 3 heterocycles. The molecular weight excluding hydrogens is 745 g/mol. The van der Waals surface area contributed by atoms with E-state index >= 15 is 0 Å². The second-order valence-corrected chi connectivity index (χ2v) is 16.9. The molecular formula is C57H38N2O2. The third kappa shape index (κ3) is 4.87. The maximum Gasteiger partial charge on any atom is 0.137 e. The second-order valence-electron chi connectivity index (χ2n) is 16.9. The molecule has 13 rings (SSSR count). The van der Waals surface area contributed by atoms with Crippen molar-refractivity contribution in [3.63, 3.8) is 0 Å². The number of anilines is 3. The lowest BCUT2D eigenvalue weighted by Gasteiger charge is -2.29. The summed E-state index contributed by atoms with van der Waals surface area (Å²) in [5, 5.41) is 6.81. The Balaban J connectivity index is 1.05. The van der Waals surface area contributed by atoms with Gasteiger partial charge in [-0.2, -0.15) is 0 Å². The molecule has 61 heavy (non-hydrogen) atoms. The van der Waals surface area contributed by atoms with Gasteiger partial charge >= 0.3 is 0 Å². The number of furan rings is 2. The van der Waals surface area contributed by atoms with Crippen molar-refractivity contribution in [2.45, 2.75) is 19.3 Å². The van der Waals surface area contributed by atoms with Crippen molar-refractivity contribution in [2.75, 3.05) is 4.90 Å². The summed E-state index contributed by atoms with van der Waals surface area (Å²) in [7, 11) is 0. The van der Waals surface area contributed by atoms with Crippen molar-refractivity contribution in [1.82, 2.24) is 4.57 Å². The lowest BCUT2D eigenvalue weighted by Crippen LogP contribution is -2.16. The number of hydrogen-bond donors (Lipinski definition) is 0. The van der Waals surface area contributed by atoms with Crippen LogP contribution in [0.2, 0.25) is 0 Å². The van der Waals surface area contributed by atoms with E-state index in [4.69, 9.17) is 8.83 Å². The number of benzene rings is 9. The summed E-state index contributed by atoms with van der Waals surface area (Å²) >= 11 is 0. The Bertz CT molecular complexity index is 3750. The number of rotatable bonds is 5. The Morgan fingerprint density at radius 2 is 1.07 bits per heavy atom. The topological polar surface area (TPSA) is 34.5 Å². The van der Waals surface area contributed by atoms with E-state index in [9.17, 15) is 0 Å². The molecule has 0 aliphatic heterocycles. The summed E-state index contributed by atoms with van der Waals surface area (Å²) in [4.78, 5) is 2.43. The minimum atomic E-state index is -0.159. The van der Waals surface area contributed by atoms with Gasteiger partial charge in [0.25, 0.3) is 0 Å². The number of aromatic nitrogens is 1. The fourth-order valence-corrected chi connectivity index (χ4v) is 10.4. The molecule has 0 saturated carbocycles. The average Bonchev–Trinajstić information content (AvgIpc) is 4.03. The molecule has 0 radical (unpaired) electrons. The van der Waals surface area contributed by atoms with Crippen LogP contribution < -0.4 is 4.90 Å². The molecule has 0 saturated heterocycles. The van der Waals surface area contributed by atoms with E-state index in [2.05, 4.69) is 205 Å². The van der Waals surface area contributed by atoms with Crippen LogP contribution in [0, 0.1) is 0 Å². The first-order valence-corrected chi connectivity index (χ1v) is 21.0. The van der Waals surface area contributed by atoms with Crippen molar-refractivity contribution < 1.29 is 8.83 Å². The molecule has 288 valence electrons. The third-order valence-electron chi connectivity index (χ3n) is 13.2. The molecule has 0 fully saturated rings. The summed E-state index contributed by atoms with van der Waals surface area (Å²) in [5.41, 5.74) is 17.4. The quantitative estimate of drug-likeness (QED) is 0.174. The minimum absolute atomic E-state index is 0.159. The molecule has 0 N–H and O–H groups in total. The highest BCUT2D eigenvalue weighted by molar-refractivity contribution is 6.16. The molecule has 0 amide bonds. The van der Waals surface area contributed by atoms with Gasteiger partial charge in [-0.15, -0.1) is 0 Å². The zero-order valence-electron chi connectivity index (χ0n) is 33.7. The highest BCUT2D eigenvalue weighted by Gasteiger charge is 2.38. The molecule has 1 aliphatic rings. The van der Waals surface area contributed by atoms with Gasteiger partial charge in [0, 0.05) is 55.4 Å². The van der Waals surface area contributed by atoms with Crippen molar-refractivity contribution in [1.29, 1.82) is 0 Å². The maximum atomic E-state index is 6.73. The molecule has 3 aromatic heterocycles. The van der Waals surface area contributed by atoms with Crippen LogP contribution in [0.3, 0.4) is 0 Å². The van der Waals surface area contributed by atoms with E-state index in [0.29, 0.717) is 0 Å². The van der Waals surface area contributed by atoms with Crippen LogP contribution in [0.15, 0.2) is 203 Å². The molecule has 0 spiro atoms. The summed E-state index contributed by atoms with van der Waals surface area (Å²) in [6.07, 6.45) is 0. The van der Waals surface area contributed by atoms with E-state index in [1.807, 2.05) is 12.1 Å². The van der Waals surface area contributed by atoms with Crippen LogP contribution in [-0.4, -0.2) is 4.57 Å². The largest absolute Gasteiger partial charge is 0.456 e. The van der Waals surface area contributed by atoms with Crippen LogP contribution in [0.4, 0.5) is 17.1 Å². The van der Waals surface area contributed by atoms with Crippen LogP contribution in [-0.2, 0) is 5.41 Å². The van der Waals surface area contributed by atoms with Crippen molar-refractivity contribution in [3.8, 4) is 27.9 Å². The van der Waals surface area contributed by atoms with Crippen LogP contribution in [0.5, 0.6) is 0 Å². The molecule has 0 atom stereocenters. The van der Waals surface area contributed by atoms with Gasteiger partial charge in [0.2, 0.25) is 0 Å². The fraction of sp³-hybridized carbons (Fsp3) is 0.0526. The standard InChI is InChI=1S/C57H38N2O2/c1-57(2)45-19-9-6-18-42(45)55-46(57)20-12-22-49(55)59(38-28-29-41-40-17-8-11-24-51(40)61-54(41)34-38)50-23-13-25-53-56(50)44-33-36(27-31-52(44)60-53)35-26-30-48-43(32-35)39-16-7-10-21-47(39)58(48)37-14-4-3-5-15-37/h3-34H,1-2H3. The van der Waals surface area contributed by atoms with Crippen LogP contribution in [0.25, 0.3) is 93.6 Å². The van der Waals surface area contributed by atoms with Gasteiger partial charge in [0.1, 0.15) is 22.3 Å². The lowest BCUT2D eigenvalue weighted by molar-refractivity contribution is 0.660. The molecule has 0 bridgehead atoms. The fourth-order valence-electron chi connectivity index (χ4n) is 10.4. The van der Waals surface area contributed by atoms with Gasteiger partial charge in [-0.3, -0.25) is 0 Å². The van der Waals surface area contributed by atoms with E-state index in [1.165, 1.54) is 44.1 Å². The highest BCUT2D eigenvalue weighted by Crippen LogP contribution is 2.55. The van der Waals surface area contributed by atoms with Gasteiger partial charge in [0.15, 0.2) is 0 Å². The average molecular weight is 783 g/mol. The van der Waals surface area contributed by atoms with Crippen molar-refractivity contribution in [2.24, 2.45) is 0 Å². The van der Waals surface area contributed by atoms with Crippen LogP contribution in [0.1, 0.15) is 25.0 Å². The van der Waals surface area contributed by atoms with E-state index in [0.717, 1.165) is 77.8 Å². The predicted molar refractivity (Wildman–Crippen MR) is 253 cm³/mol. The SMILES string of the molecule is CC1(C)c2ccccc2-c2c(N(c3ccc4c(c3)oc3ccccc34)c3cccc4oc5ccc(-c6ccc7c(c6)c6ccccc6n7-c6ccccc6)cc5c34)cccc21. The Morgan fingerprint density at radius 1 is 0.426 bits per heavy atom. The molecule has 9 aromatic carbocycles. The molecule has 4 nitrogen and oxygen atoms in total. The van der Waals surface area contributed by atoms with Gasteiger partial charge < -0.3 is 18.3 Å². The van der Waals surface area contributed by atoms with E-state index in [-0.39, 0.29) is 5.41 Å². The smallest absolute Gasteiger partial charge is 0.137 e. The third-order valence-corrected chi connectivity index (χ3v) is 13.2. The lowest BCUT2D eigenvalue weighted by atomic mass is 9.82. The zero-order chi connectivity index (χ0) is 40.4. The van der Waals surface area contributed by atoms with E-state index in [1.54, 1.807) is 0 Å². The van der Waals surface area contributed by atoms with Gasteiger partial charge in [0.05, 0.1) is 27.8 Å². The summed E-state index contributed by atoms with van der Waals surface area (Å²) < 4.78 is 15.6. The number of hydrogen-bond acceptors (Lipinski definition) is 3. The molecule has 4 heteroatoms. The Morgan fingerprint density at radius 3 is 1.97 bits per heavy atom. The van der Waals surface area contributed by atoms with E-state index < -0.39 is 0 Å². The summed E-state index contributed by atoms with van der Waals surface area (Å²) in [5.74, 6) is 0. The molecule has 0 unspecified atom stereocenters. The van der Waals surface area contributed by atoms with Crippen molar-refractivity contribution >= 4 is 82.7 Å². The van der Waals surface area contributed by atoms with Gasteiger partial charge in [-0.05, 0) is 107 Å². The summed E-state index contributed by atoms with van der Waals surface area (Å²) in [6.45, 7) is 4.68. The molecule has 12 aromatic rings. The Kier molecular flexibility index (Phi) is 7.04. The maximum absolute atomic E-state index is 6.73. The number of para-hydroxylation sites is 3. The van der Waals surface area contributed by atoms with Crippen LogP contribution >= 0.6 is 0 Å².